The maximum Gasteiger partial charge on any atom is 0.339 e. The maximum atomic E-state index is 12.3. The Morgan fingerprint density at radius 3 is 2.15 bits per heavy atom. The molecule has 0 aliphatic heterocycles. The van der Waals surface area contributed by atoms with Gasteiger partial charge in [0.15, 0.2) is 0 Å². The van der Waals surface area contributed by atoms with E-state index in [1.807, 2.05) is 6.92 Å². The van der Waals surface area contributed by atoms with Crippen molar-refractivity contribution in [2.75, 3.05) is 0 Å². The zero-order valence-corrected chi connectivity index (χ0v) is 15.8. The Morgan fingerprint density at radius 2 is 1.62 bits per heavy atom. The number of esters is 1. The second-order valence-electron chi connectivity index (χ2n) is 6.27. The van der Waals surface area contributed by atoms with Gasteiger partial charge in [-0.2, -0.15) is 8.42 Å². The van der Waals surface area contributed by atoms with Gasteiger partial charge in [0.2, 0.25) is 0 Å². The minimum absolute atomic E-state index is 0.0417. The van der Waals surface area contributed by atoms with Crippen molar-refractivity contribution < 1.29 is 22.1 Å². The predicted octanol–water partition coefficient (Wildman–Crippen LogP) is 3.10. The lowest BCUT2D eigenvalue weighted by Crippen LogP contribution is -2.19. The van der Waals surface area contributed by atoms with Crippen LogP contribution in [0.5, 0.6) is 5.75 Å². The second kappa shape index (κ2) is 8.33. The van der Waals surface area contributed by atoms with E-state index in [9.17, 15) is 13.2 Å². The van der Waals surface area contributed by atoms with E-state index >= 15 is 0 Å². The van der Waals surface area contributed by atoms with Gasteiger partial charge in [-0.15, -0.1) is 0 Å². The van der Waals surface area contributed by atoms with Gasteiger partial charge in [0, 0.05) is 6.04 Å². The third kappa shape index (κ3) is 5.57. The Bertz CT molecular complexity index is 843. The third-order valence-corrected chi connectivity index (χ3v) is 4.84. The average molecular weight is 377 g/mol. The summed E-state index contributed by atoms with van der Waals surface area (Å²) in [6.45, 7) is 5.41. The zero-order valence-electron chi connectivity index (χ0n) is 15.0. The summed E-state index contributed by atoms with van der Waals surface area (Å²) in [6.07, 6.45) is -0.155. The molecule has 7 heteroatoms. The number of rotatable bonds is 7. The molecule has 0 saturated carbocycles. The van der Waals surface area contributed by atoms with E-state index < -0.39 is 16.2 Å². The fourth-order valence-electron chi connectivity index (χ4n) is 2.26. The molecule has 0 spiro atoms. The average Bonchev–Trinajstić information content (AvgIpc) is 2.54. The fourth-order valence-corrected chi connectivity index (χ4v) is 3.19. The monoisotopic (exact) mass is 377 g/mol. The van der Waals surface area contributed by atoms with E-state index in [4.69, 9.17) is 14.7 Å². The first-order valence-corrected chi connectivity index (χ1v) is 9.64. The summed E-state index contributed by atoms with van der Waals surface area (Å²) >= 11 is 0. The van der Waals surface area contributed by atoms with E-state index in [1.54, 1.807) is 38.1 Å². The summed E-state index contributed by atoms with van der Waals surface area (Å²) in [4.78, 5) is 11.7. The van der Waals surface area contributed by atoms with Crippen LogP contribution >= 0.6 is 0 Å². The molecule has 0 aromatic heterocycles. The highest BCUT2D eigenvalue weighted by molar-refractivity contribution is 7.87. The van der Waals surface area contributed by atoms with E-state index in [0.717, 1.165) is 5.56 Å². The molecule has 0 fully saturated rings. The van der Waals surface area contributed by atoms with Crippen molar-refractivity contribution in [3.63, 3.8) is 0 Å². The van der Waals surface area contributed by atoms with Crippen LogP contribution in [0.2, 0.25) is 0 Å². The van der Waals surface area contributed by atoms with Gasteiger partial charge < -0.3 is 14.7 Å². The van der Waals surface area contributed by atoms with Crippen LogP contribution in [0.4, 0.5) is 0 Å². The van der Waals surface area contributed by atoms with Crippen LogP contribution in [0.25, 0.3) is 0 Å². The van der Waals surface area contributed by atoms with Crippen molar-refractivity contribution in [1.82, 2.24) is 0 Å². The van der Waals surface area contributed by atoms with Crippen LogP contribution < -0.4 is 9.92 Å². The molecule has 2 N–H and O–H groups in total. The van der Waals surface area contributed by atoms with Gasteiger partial charge in [-0.05, 0) is 50.6 Å². The topological polar surface area (TPSA) is 95.7 Å². The summed E-state index contributed by atoms with van der Waals surface area (Å²) in [6, 6.07) is 12.1. The molecule has 0 saturated heterocycles. The normalized spacial score (nSPS) is 12.7. The molecule has 0 aliphatic carbocycles. The zero-order chi connectivity index (χ0) is 19.3. The van der Waals surface area contributed by atoms with E-state index in [2.05, 4.69) is 0 Å². The van der Waals surface area contributed by atoms with Crippen LogP contribution in [0.15, 0.2) is 53.4 Å². The first kappa shape index (κ1) is 19.9. The quantitative estimate of drug-likeness (QED) is 0.588. The molecule has 0 radical (unpaired) electrons. The molecule has 2 rings (SSSR count). The Morgan fingerprint density at radius 1 is 1.04 bits per heavy atom. The molecule has 140 valence electrons. The molecule has 2 aromatic carbocycles. The Labute approximate surface area is 154 Å². The van der Waals surface area contributed by atoms with Crippen molar-refractivity contribution in [2.24, 2.45) is 5.73 Å². The number of carbonyl (C=O) groups excluding carboxylic acids is 1. The van der Waals surface area contributed by atoms with Crippen molar-refractivity contribution in [2.45, 2.75) is 44.2 Å². The Balaban J connectivity index is 2.05. The van der Waals surface area contributed by atoms with Crippen molar-refractivity contribution in [1.29, 1.82) is 0 Å². The summed E-state index contributed by atoms with van der Waals surface area (Å²) in [5.74, 6) is -0.207. The number of ether oxygens (including phenoxy) is 1. The maximum absolute atomic E-state index is 12.3. The standard InChI is InChI=1S/C19H23NO5S/c1-13(2)24-19(21)12-18(20)15-6-8-16(9-7-15)25-26(22,23)17-10-4-14(3)5-11-17/h4-11,13,18H,12,20H2,1-3H3. The van der Waals surface area contributed by atoms with Crippen molar-refractivity contribution in [3.8, 4) is 5.75 Å². The number of aryl methyl sites for hydroxylation is 1. The van der Waals surface area contributed by atoms with Crippen LogP contribution in [-0.4, -0.2) is 20.5 Å². The summed E-state index contributed by atoms with van der Waals surface area (Å²) < 4.78 is 34.7. The van der Waals surface area contributed by atoms with Crippen LogP contribution in [0.3, 0.4) is 0 Å². The molecule has 1 atom stereocenters. The fraction of sp³-hybridized carbons (Fsp3) is 0.316. The Kier molecular flexibility index (Phi) is 6.39. The molecule has 0 bridgehead atoms. The second-order valence-corrected chi connectivity index (χ2v) is 7.82. The lowest BCUT2D eigenvalue weighted by Gasteiger charge is -2.14. The molecular formula is C19H23NO5S. The Hall–Kier alpha value is -2.38. The first-order valence-electron chi connectivity index (χ1n) is 8.23. The van der Waals surface area contributed by atoms with Crippen LogP contribution in [0.1, 0.15) is 37.4 Å². The van der Waals surface area contributed by atoms with Gasteiger partial charge in [-0.3, -0.25) is 4.79 Å². The number of hydrogen-bond acceptors (Lipinski definition) is 6. The highest BCUT2D eigenvalue weighted by Crippen LogP contribution is 2.22. The first-order chi connectivity index (χ1) is 12.2. The van der Waals surface area contributed by atoms with E-state index in [0.29, 0.717) is 5.56 Å². The van der Waals surface area contributed by atoms with Gasteiger partial charge in [0.05, 0.1) is 12.5 Å². The number of benzene rings is 2. The van der Waals surface area contributed by atoms with E-state index in [1.165, 1.54) is 24.3 Å². The smallest absolute Gasteiger partial charge is 0.339 e. The number of nitrogens with two attached hydrogens (primary N) is 1. The van der Waals surface area contributed by atoms with E-state index in [-0.39, 0.29) is 29.1 Å². The number of hydrogen-bond donors (Lipinski definition) is 1. The molecule has 0 aliphatic rings. The summed E-state index contributed by atoms with van der Waals surface area (Å²) in [5.41, 5.74) is 7.64. The van der Waals surface area contributed by atoms with Gasteiger partial charge in [0.1, 0.15) is 10.6 Å². The minimum atomic E-state index is -3.90. The van der Waals surface area contributed by atoms with Gasteiger partial charge >= 0.3 is 16.1 Å². The molecule has 26 heavy (non-hydrogen) atoms. The lowest BCUT2D eigenvalue weighted by atomic mass is 10.0. The predicted molar refractivity (Wildman–Crippen MR) is 98.2 cm³/mol. The molecule has 6 nitrogen and oxygen atoms in total. The largest absolute Gasteiger partial charge is 0.463 e. The minimum Gasteiger partial charge on any atom is -0.463 e. The molecule has 0 amide bonds. The molecule has 0 heterocycles. The number of carbonyl (C=O) groups is 1. The van der Waals surface area contributed by atoms with Gasteiger partial charge in [-0.25, -0.2) is 0 Å². The van der Waals surface area contributed by atoms with Crippen LogP contribution in [0, 0.1) is 6.92 Å². The molecule has 2 aromatic rings. The SMILES string of the molecule is Cc1ccc(S(=O)(=O)Oc2ccc(C(N)CC(=O)OC(C)C)cc2)cc1. The lowest BCUT2D eigenvalue weighted by molar-refractivity contribution is -0.147. The van der Waals surface area contributed by atoms with Crippen molar-refractivity contribution in [3.05, 3.63) is 59.7 Å². The highest BCUT2D eigenvalue weighted by Gasteiger charge is 2.18. The summed E-state index contributed by atoms with van der Waals surface area (Å²) in [5, 5.41) is 0. The molecule has 1 unspecified atom stereocenters. The third-order valence-electron chi connectivity index (χ3n) is 3.58. The summed E-state index contributed by atoms with van der Waals surface area (Å²) in [7, 11) is -3.90. The van der Waals surface area contributed by atoms with Gasteiger partial charge in [0.25, 0.3) is 0 Å². The molecular weight excluding hydrogens is 354 g/mol. The highest BCUT2D eigenvalue weighted by atomic mass is 32.2. The van der Waals surface area contributed by atoms with Crippen molar-refractivity contribution >= 4 is 16.1 Å². The van der Waals surface area contributed by atoms with Gasteiger partial charge in [-0.1, -0.05) is 29.8 Å². The van der Waals surface area contributed by atoms with Crippen LogP contribution in [-0.2, 0) is 19.6 Å².